The van der Waals surface area contributed by atoms with Crippen molar-refractivity contribution < 1.29 is 57.6 Å². The SMILES string of the molecule is COc1cc(C(C(=O)N[C@]2(OC)C(=O)N3C(C(=O)O)=C(CSc4nnnn4C)CS[C@@H]32)C(=O)OC2OC(=O)c3ccccc32)ccc1OC(N)=O. The number of carbonyl (C=O) groups is 6. The van der Waals surface area contributed by atoms with Crippen LogP contribution in [-0.2, 0) is 40.4 Å². The van der Waals surface area contributed by atoms with Crippen LogP contribution in [-0.4, -0.2) is 103 Å². The standard InChI is InChI=1S/C30H27N7O12S2/c1-36-29(33-34-35-36)51-12-14-11-50-27-30(46-3,26(43)37(27)20(14)22(39)40)32-21(38)19(13-8-9-17(47-28(31)44)18(10-13)45-2)24(42)49-25-16-7-5-4-6-15(16)23(41)48-25/h4-10,19,25,27H,11-12H2,1-3H3,(H2,31,44)(H,32,38)(H,39,40)/t19?,25?,27-,30+/m1/s1. The minimum absolute atomic E-state index is 0.0568. The molecule has 3 aromatic rings. The smallest absolute Gasteiger partial charge is 0.410 e. The number of hydrogen-bond acceptors (Lipinski definition) is 16. The minimum atomic E-state index is -2.11. The highest BCUT2D eigenvalue weighted by Gasteiger charge is 2.67. The molecule has 51 heavy (non-hydrogen) atoms. The number of aryl methyl sites for hydroxylation is 1. The maximum atomic E-state index is 14.2. The molecule has 3 aliphatic heterocycles. The van der Waals surface area contributed by atoms with E-state index in [1.807, 2.05) is 0 Å². The van der Waals surface area contributed by atoms with Gasteiger partial charge in [0, 0.05) is 31.2 Å². The van der Waals surface area contributed by atoms with Crippen LogP contribution >= 0.6 is 23.5 Å². The van der Waals surface area contributed by atoms with E-state index in [0.717, 1.165) is 23.8 Å². The Morgan fingerprint density at radius 2 is 1.94 bits per heavy atom. The first kappa shape index (κ1) is 35.2. The lowest BCUT2D eigenvalue weighted by Crippen LogP contribution is -2.81. The van der Waals surface area contributed by atoms with E-state index in [1.165, 1.54) is 53.9 Å². The van der Waals surface area contributed by atoms with Gasteiger partial charge in [-0.25, -0.2) is 19.1 Å². The zero-order chi connectivity index (χ0) is 36.6. The first-order valence-electron chi connectivity index (χ1n) is 14.7. The summed E-state index contributed by atoms with van der Waals surface area (Å²) in [6.07, 6.45) is -2.66. The first-order valence-corrected chi connectivity index (χ1v) is 16.7. The second-order valence-corrected chi connectivity index (χ2v) is 12.9. The number of carboxylic acids is 1. The third-order valence-corrected chi connectivity index (χ3v) is 10.5. The maximum Gasteiger partial charge on any atom is 0.410 e. The second-order valence-electron chi connectivity index (χ2n) is 10.9. The van der Waals surface area contributed by atoms with Crippen molar-refractivity contribution >= 4 is 59.3 Å². The molecule has 266 valence electrons. The van der Waals surface area contributed by atoms with E-state index in [-0.39, 0.29) is 45.4 Å². The number of carbonyl (C=O) groups excluding carboxylic acids is 5. The number of β-lactam (4-membered cyclic amide) rings is 1. The van der Waals surface area contributed by atoms with Crippen molar-refractivity contribution in [2.24, 2.45) is 12.8 Å². The summed E-state index contributed by atoms with van der Waals surface area (Å²) in [5, 5.41) is 23.2. The Bertz CT molecular complexity index is 2000. The van der Waals surface area contributed by atoms with Gasteiger partial charge in [0.2, 0.25) is 11.1 Å². The van der Waals surface area contributed by atoms with Gasteiger partial charge in [-0.2, -0.15) is 0 Å². The van der Waals surface area contributed by atoms with Crippen LogP contribution in [0.1, 0.15) is 33.7 Å². The number of ether oxygens (including phenoxy) is 5. The first-order chi connectivity index (χ1) is 24.4. The predicted molar refractivity (Wildman–Crippen MR) is 172 cm³/mol. The summed E-state index contributed by atoms with van der Waals surface area (Å²) in [5.41, 5.74) is 3.48. The molecule has 1 fully saturated rings. The number of aliphatic carboxylic acids is 1. The number of esters is 2. The van der Waals surface area contributed by atoms with Crippen LogP contribution < -0.4 is 20.5 Å². The maximum absolute atomic E-state index is 14.2. The Morgan fingerprint density at radius 1 is 1.18 bits per heavy atom. The number of nitrogens with two attached hydrogens (primary N) is 1. The number of tetrazole rings is 1. The van der Waals surface area contributed by atoms with Gasteiger partial charge in [0.1, 0.15) is 11.1 Å². The van der Waals surface area contributed by atoms with Gasteiger partial charge in [0.05, 0.1) is 12.7 Å². The quantitative estimate of drug-likeness (QED) is 0.0758. The summed E-state index contributed by atoms with van der Waals surface area (Å²) in [7, 11) is 4.01. The van der Waals surface area contributed by atoms with E-state index >= 15 is 0 Å². The van der Waals surface area contributed by atoms with Crippen molar-refractivity contribution in [1.29, 1.82) is 0 Å². The fourth-order valence-corrected chi connectivity index (χ4v) is 8.06. The molecule has 2 aromatic carbocycles. The highest BCUT2D eigenvalue weighted by Crippen LogP contribution is 2.48. The van der Waals surface area contributed by atoms with E-state index in [9.17, 15) is 33.9 Å². The summed E-state index contributed by atoms with van der Waals surface area (Å²) < 4.78 is 28.0. The molecule has 0 bridgehead atoms. The van der Waals surface area contributed by atoms with Crippen LogP contribution in [0.5, 0.6) is 11.5 Å². The van der Waals surface area contributed by atoms with Gasteiger partial charge in [0.15, 0.2) is 17.4 Å². The van der Waals surface area contributed by atoms with Crippen molar-refractivity contribution in [2.45, 2.75) is 28.5 Å². The van der Waals surface area contributed by atoms with Gasteiger partial charge >= 0.3 is 24.0 Å². The average molecular weight is 742 g/mol. The number of carboxylic acid groups (broad SMARTS) is 1. The normalized spacial score (nSPS) is 21.1. The van der Waals surface area contributed by atoms with Crippen molar-refractivity contribution in [3.05, 3.63) is 70.4 Å². The van der Waals surface area contributed by atoms with E-state index in [0.29, 0.717) is 10.7 Å². The largest absolute Gasteiger partial charge is 0.493 e. The lowest BCUT2D eigenvalue weighted by Gasteiger charge is -2.56. The molecule has 4 heterocycles. The highest BCUT2D eigenvalue weighted by molar-refractivity contribution is 8.01. The third kappa shape index (κ3) is 6.30. The van der Waals surface area contributed by atoms with Crippen LogP contribution in [0.15, 0.2) is 58.9 Å². The van der Waals surface area contributed by atoms with E-state index in [1.54, 1.807) is 19.2 Å². The van der Waals surface area contributed by atoms with Crippen molar-refractivity contribution in [3.8, 4) is 11.5 Å². The predicted octanol–water partition coefficient (Wildman–Crippen LogP) is 0.677. The van der Waals surface area contributed by atoms with Crippen LogP contribution in [0.4, 0.5) is 4.79 Å². The molecule has 0 saturated carbocycles. The molecule has 0 spiro atoms. The van der Waals surface area contributed by atoms with E-state index in [4.69, 9.17) is 29.4 Å². The van der Waals surface area contributed by atoms with Gasteiger partial charge in [-0.15, -0.1) is 16.9 Å². The number of fused-ring (bicyclic) bond motifs is 2. The average Bonchev–Trinajstić information content (AvgIpc) is 3.66. The number of benzene rings is 2. The number of aromatic nitrogens is 4. The number of hydrogen-bond donors (Lipinski definition) is 3. The van der Waals surface area contributed by atoms with Gasteiger partial charge in [-0.3, -0.25) is 19.3 Å². The number of cyclic esters (lactones) is 1. The van der Waals surface area contributed by atoms with Crippen LogP contribution in [0.25, 0.3) is 0 Å². The number of thioether (sulfide) groups is 2. The number of methoxy groups -OCH3 is 2. The van der Waals surface area contributed by atoms with Gasteiger partial charge in [-0.05, 0) is 39.8 Å². The number of nitrogens with one attached hydrogen (secondary N) is 1. The van der Waals surface area contributed by atoms with Crippen molar-refractivity contribution in [3.63, 3.8) is 0 Å². The Balaban J connectivity index is 1.30. The van der Waals surface area contributed by atoms with E-state index < -0.39 is 59.1 Å². The Labute approximate surface area is 295 Å². The Hall–Kier alpha value is -5.67. The molecular formula is C30H27N7O12S2. The molecular weight excluding hydrogens is 715 g/mol. The molecule has 0 aliphatic carbocycles. The molecule has 1 saturated heterocycles. The topological polar surface area (TPSA) is 254 Å². The van der Waals surface area contributed by atoms with Gasteiger partial charge < -0.3 is 39.8 Å². The fourth-order valence-electron chi connectivity index (χ4n) is 5.63. The van der Waals surface area contributed by atoms with Crippen LogP contribution in [0.3, 0.4) is 0 Å². The number of amides is 3. The summed E-state index contributed by atoms with van der Waals surface area (Å²) in [4.78, 5) is 79.2. The summed E-state index contributed by atoms with van der Waals surface area (Å²) >= 11 is 2.30. The molecule has 3 amide bonds. The van der Waals surface area contributed by atoms with Gasteiger partial charge in [0.25, 0.3) is 17.9 Å². The van der Waals surface area contributed by atoms with Crippen LogP contribution in [0.2, 0.25) is 0 Å². The summed E-state index contributed by atoms with van der Waals surface area (Å²) in [5.74, 6) is -7.16. The zero-order valence-electron chi connectivity index (χ0n) is 26.8. The molecule has 3 aliphatic rings. The lowest BCUT2D eigenvalue weighted by atomic mass is 9.94. The molecule has 0 radical (unpaired) electrons. The fraction of sp³-hybridized carbons (Fsp3) is 0.300. The molecule has 21 heteroatoms. The highest BCUT2D eigenvalue weighted by atomic mass is 32.2. The van der Waals surface area contributed by atoms with E-state index in [2.05, 4.69) is 20.8 Å². The monoisotopic (exact) mass is 741 g/mol. The molecule has 19 nitrogen and oxygen atoms in total. The third-order valence-electron chi connectivity index (χ3n) is 8.00. The number of nitrogens with zero attached hydrogens (tertiary/aromatic N) is 5. The second kappa shape index (κ2) is 13.9. The van der Waals surface area contributed by atoms with Gasteiger partial charge in [-0.1, -0.05) is 36.0 Å². The molecule has 2 unspecified atom stereocenters. The molecule has 4 atom stereocenters. The molecule has 6 rings (SSSR count). The van der Waals surface area contributed by atoms with Crippen molar-refractivity contribution in [2.75, 3.05) is 25.7 Å². The van der Waals surface area contributed by atoms with Crippen molar-refractivity contribution in [1.82, 2.24) is 30.4 Å². The molecule has 1 aromatic heterocycles. The Kier molecular flexibility index (Phi) is 9.60. The Morgan fingerprint density at radius 3 is 2.61 bits per heavy atom. The molecule has 4 N–H and O–H groups in total. The summed E-state index contributed by atoms with van der Waals surface area (Å²) in [6.45, 7) is 0. The lowest BCUT2D eigenvalue weighted by molar-refractivity contribution is -0.193. The van der Waals surface area contributed by atoms with Crippen LogP contribution in [0, 0.1) is 0 Å². The summed E-state index contributed by atoms with van der Waals surface area (Å²) in [6, 6.07) is 9.87. The number of primary amides is 1. The number of rotatable bonds is 12. The zero-order valence-corrected chi connectivity index (χ0v) is 28.4. The minimum Gasteiger partial charge on any atom is -0.493 e.